The van der Waals surface area contributed by atoms with E-state index < -0.39 is 6.61 Å². The molecule has 0 radical (unpaired) electrons. The van der Waals surface area contributed by atoms with Crippen LogP contribution in [0.5, 0.6) is 5.75 Å². The number of hydrogen-bond acceptors (Lipinski definition) is 2. The Morgan fingerprint density at radius 1 is 1.08 bits per heavy atom. The van der Waals surface area contributed by atoms with Crippen LogP contribution in [-0.2, 0) is 13.0 Å². The van der Waals surface area contributed by atoms with Crippen molar-refractivity contribution >= 4 is 16.9 Å². The molecule has 0 bridgehead atoms. The van der Waals surface area contributed by atoms with Crippen molar-refractivity contribution in [3.8, 4) is 5.75 Å². The summed E-state index contributed by atoms with van der Waals surface area (Å²) in [6.07, 6.45) is 2.67. The molecule has 5 nitrogen and oxygen atoms in total. The van der Waals surface area contributed by atoms with Crippen molar-refractivity contribution in [3.05, 3.63) is 65.9 Å². The molecule has 0 saturated carbocycles. The van der Waals surface area contributed by atoms with Gasteiger partial charge in [0.15, 0.2) is 0 Å². The molecule has 3 aromatic rings. The van der Waals surface area contributed by atoms with Crippen LogP contribution in [0.25, 0.3) is 10.9 Å². The van der Waals surface area contributed by atoms with E-state index in [0.717, 1.165) is 28.5 Å². The van der Waals surface area contributed by atoms with Crippen molar-refractivity contribution in [2.45, 2.75) is 19.6 Å². The molecule has 2 amide bonds. The highest BCUT2D eigenvalue weighted by Crippen LogP contribution is 2.17. The molecular formula is C19H19F2N3O2. The maximum Gasteiger partial charge on any atom is 0.387 e. The Kier molecular flexibility index (Phi) is 5.68. The number of hydrogen-bond donors (Lipinski definition) is 3. The first kappa shape index (κ1) is 17.7. The summed E-state index contributed by atoms with van der Waals surface area (Å²) in [6, 6.07) is 13.9. The first-order valence-corrected chi connectivity index (χ1v) is 8.22. The molecule has 0 aliphatic rings. The highest BCUT2D eigenvalue weighted by Gasteiger charge is 2.06. The fourth-order valence-corrected chi connectivity index (χ4v) is 2.68. The van der Waals surface area contributed by atoms with Crippen LogP contribution in [-0.4, -0.2) is 24.2 Å². The van der Waals surface area contributed by atoms with Gasteiger partial charge in [-0.15, -0.1) is 0 Å². The molecule has 0 aliphatic heterocycles. The number of carbonyl (C=O) groups is 1. The number of aromatic nitrogens is 1. The van der Waals surface area contributed by atoms with Crippen molar-refractivity contribution in [3.63, 3.8) is 0 Å². The van der Waals surface area contributed by atoms with E-state index in [1.54, 1.807) is 12.1 Å². The van der Waals surface area contributed by atoms with E-state index in [1.807, 2.05) is 30.5 Å². The van der Waals surface area contributed by atoms with Gasteiger partial charge < -0.3 is 20.4 Å². The van der Waals surface area contributed by atoms with Crippen LogP contribution in [0.4, 0.5) is 13.6 Å². The number of nitrogens with one attached hydrogen (secondary N) is 3. The number of halogens is 2. The van der Waals surface area contributed by atoms with Crippen molar-refractivity contribution in [1.29, 1.82) is 0 Å². The zero-order chi connectivity index (χ0) is 18.4. The van der Waals surface area contributed by atoms with Crippen LogP contribution >= 0.6 is 0 Å². The summed E-state index contributed by atoms with van der Waals surface area (Å²) in [4.78, 5) is 15.1. The maximum absolute atomic E-state index is 12.1. The van der Waals surface area contributed by atoms with E-state index in [1.165, 1.54) is 12.1 Å². The Balaban J connectivity index is 1.41. The fraction of sp³-hybridized carbons (Fsp3) is 0.211. The van der Waals surface area contributed by atoms with Gasteiger partial charge in [0, 0.05) is 30.2 Å². The number of carbonyl (C=O) groups excluding carboxylic acids is 1. The molecule has 0 fully saturated rings. The summed E-state index contributed by atoms with van der Waals surface area (Å²) in [5, 5.41) is 6.69. The number of rotatable bonds is 7. The molecule has 1 heterocycles. The Hall–Kier alpha value is -3.09. The summed E-state index contributed by atoms with van der Waals surface area (Å²) in [5.74, 6) is 0.0898. The van der Waals surface area contributed by atoms with Gasteiger partial charge in [0.25, 0.3) is 0 Å². The Morgan fingerprint density at radius 3 is 2.62 bits per heavy atom. The highest BCUT2D eigenvalue weighted by molar-refractivity contribution is 5.83. The first-order valence-electron chi connectivity index (χ1n) is 8.22. The van der Waals surface area contributed by atoms with Gasteiger partial charge in [-0.05, 0) is 35.7 Å². The van der Waals surface area contributed by atoms with E-state index in [2.05, 4.69) is 20.4 Å². The van der Waals surface area contributed by atoms with Crippen LogP contribution < -0.4 is 15.4 Å². The summed E-state index contributed by atoms with van der Waals surface area (Å²) in [6.45, 7) is -2.04. The fourth-order valence-electron chi connectivity index (χ4n) is 2.68. The quantitative estimate of drug-likeness (QED) is 0.601. The smallest absolute Gasteiger partial charge is 0.387 e. The zero-order valence-corrected chi connectivity index (χ0v) is 14.0. The number of H-pyrrole nitrogens is 1. The number of benzene rings is 2. The van der Waals surface area contributed by atoms with Gasteiger partial charge in [-0.1, -0.05) is 30.3 Å². The molecule has 2 aromatic carbocycles. The highest BCUT2D eigenvalue weighted by atomic mass is 19.3. The number of alkyl halides is 2. The molecule has 136 valence electrons. The van der Waals surface area contributed by atoms with Crippen LogP contribution in [0.3, 0.4) is 0 Å². The van der Waals surface area contributed by atoms with Gasteiger partial charge in [-0.3, -0.25) is 0 Å². The molecule has 1 aromatic heterocycles. The number of para-hydroxylation sites is 1. The van der Waals surface area contributed by atoms with Gasteiger partial charge in [-0.25, -0.2) is 4.79 Å². The second kappa shape index (κ2) is 8.33. The van der Waals surface area contributed by atoms with E-state index in [4.69, 9.17) is 0 Å². The second-order valence-electron chi connectivity index (χ2n) is 5.74. The van der Waals surface area contributed by atoms with Crippen molar-refractivity contribution in [2.24, 2.45) is 0 Å². The number of ether oxygens (including phenoxy) is 1. The van der Waals surface area contributed by atoms with Crippen molar-refractivity contribution in [2.75, 3.05) is 6.54 Å². The summed E-state index contributed by atoms with van der Waals surface area (Å²) < 4.78 is 28.5. The Labute approximate surface area is 149 Å². The van der Waals surface area contributed by atoms with Gasteiger partial charge >= 0.3 is 12.6 Å². The zero-order valence-electron chi connectivity index (χ0n) is 14.0. The lowest BCUT2D eigenvalue weighted by atomic mass is 10.1. The average molecular weight is 359 g/mol. The Bertz CT molecular complexity index is 863. The monoisotopic (exact) mass is 359 g/mol. The SMILES string of the molecule is O=C(NCCc1c[nH]c2ccccc12)NCc1ccc(OC(F)F)cc1. The van der Waals surface area contributed by atoms with Crippen LogP contribution in [0.2, 0.25) is 0 Å². The number of aromatic amines is 1. The first-order chi connectivity index (χ1) is 12.6. The van der Waals surface area contributed by atoms with Crippen molar-refractivity contribution in [1.82, 2.24) is 15.6 Å². The summed E-state index contributed by atoms with van der Waals surface area (Å²) in [5.41, 5.74) is 3.01. The molecule has 7 heteroatoms. The van der Waals surface area contributed by atoms with Gasteiger partial charge in [-0.2, -0.15) is 8.78 Å². The van der Waals surface area contributed by atoms with E-state index in [0.29, 0.717) is 13.1 Å². The van der Waals surface area contributed by atoms with Gasteiger partial charge in [0.2, 0.25) is 0 Å². The molecule has 0 atom stereocenters. The van der Waals surface area contributed by atoms with Crippen LogP contribution in [0.15, 0.2) is 54.7 Å². The normalized spacial score (nSPS) is 10.9. The average Bonchev–Trinajstić information content (AvgIpc) is 3.04. The molecule has 0 unspecified atom stereocenters. The molecular weight excluding hydrogens is 340 g/mol. The standard InChI is InChI=1S/C19H19F2N3O2/c20-18(21)26-15-7-5-13(6-8-15)11-24-19(25)22-10-9-14-12-23-17-4-2-1-3-16(14)17/h1-8,12,18,23H,9-11H2,(H2,22,24,25). The predicted octanol–water partition coefficient (Wildman–Crippen LogP) is 3.81. The minimum Gasteiger partial charge on any atom is -0.435 e. The van der Waals surface area contributed by atoms with Crippen molar-refractivity contribution < 1.29 is 18.3 Å². The van der Waals surface area contributed by atoms with E-state index >= 15 is 0 Å². The van der Waals surface area contributed by atoms with E-state index in [-0.39, 0.29) is 11.8 Å². The van der Waals surface area contributed by atoms with Gasteiger partial charge in [0.05, 0.1) is 0 Å². The summed E-state index contributed by atoms with van der Waals surface area (Å²) >= 11 is 0. The number of fused-ring (bicyclic) bond motifs is 1. The minimum absolute atomic E-state index is 0.0898. The third-order valence-electron chi connectivity index (χ3n) is 3.96. The third kappa shape index (κ3) is 4.72. The number of urea groups is 1. The van der Waals surface area contributed by atoms with Gasteiger partial charge in [0.1, 0.15) is 5.75 Å². The second-order valence-corrected chi connectivity index (χ2v) is 5.74. The summed E-state index contributed by atoms with van der Waals surface area (Å²) in [7, 11) is 0. The molecule has 0 spiro atoms. The molecule has 3 N–H and O–H groups in total. The van der Waals surface area contributed by atoms with Crippen LogP contribution in [0.1, 0.15) is 11.1 Å². The lowest BCUT2D eigenvalue weighted by Crippen LogP contribution is -2.36. The maximum atomic E-state index is 12.1. The lowest BCUT2D eigenvalue weighted by molar-refractivity contribution is -0.0498. The molecule has 0 saturated heterocycles. The molecule has 26 heavy (non-hydrogen) atoms. The molecule has 0 aliphatic carbocycles. The van der Waals surface area contributed by atoms with Crippen LogP contribution in [0, 0.1) is 0 Å². The largest absolute Gasteiger partial charge is 0.435 e. The van der Waals surface area contributed by atoms with E-state index in [9.17, 15) is 13.6 Å². The topological polar surface area (TPSA) is 66.2 Å². The molecule has 3 rings (SSSR count). The predicted molar refractivity (Wildman–Crippen MR) is 95.3 cm³/mol. The minimum atomic E-state index is -2.85. The third-order valence-corrected chi connectivity index (χ3v) is 3.96. The number of amides is 2. The Morgan fingerprint density at radius 2 is 1.85 bits per heavy atom. The lowest BCUT2D eigenvalue weighted by Gasteiger charge is -2.09.